The quantitative estimate of drug-likeness (QED) is 0.755. The third kappa shape index (κ3) is 6.15. The number of aromatic nitrogens is 1. The van der Waals surface area contributed by atoms with E-state index in [4.69, 9.17) is 0 Å². The van der Waals surface area contributed by atoms with E-state index in [1.807, 2.05) is 12.4 Å². The summed E-state index contributed by atoms with van der Waals surface area (Å²) in [5.41, 5.74) is 1.79. The number of pyridine rings is 1. The molecule has 122 valence electrons. The van der Waals surface area contributed by atoms with E-state index in [-0.39, 0.29) is 7.43 Å². The van der Waals surface area contributed by atoms with E-state index in [0.29, 0.717) is 11.5 Å². The Labute approximate surface area is 136 Å². The lowest BCUT2D eigenvalue weighted by Crippen LogP contribution is -2.25. The highest BCUT2D eigenvalue weighted by atomic mass is 14.9. The molecule has 0 aliphatic carbocycles. The van der Waals surface area contributed by atoms with Crippen LogP contribution in [0, 0.1) is 5.41 Å². The summed E-state index contributed by atoms with van der Waals surface area (Å²) in [5.74, 6) is 0. The number of hydrogen-bond donors (Lipinski definition) is 1. The molecule has 22 heavy (non-hydrogen) atoms. The SMILES string of the molecule is C.C[C@H](CCCC(C)(C)C)NCc1ccc2cnccc2c1. The second-order valence-corrected chi connectivity index (χ2v) is 7.29. The number of fused-ring (bicyclic) bond motifs is 1. The lowest BCUT2D eigenvalue weighted by atomic mass is 9.89. The Hall–Kier alpha value is -1.41. The fourth-order valence-corrected chi connectivity index (χ4v) is 2.58. The molecule has 0 amide bonds. The Morgan fingerprint density at radius 1 is 1.14 bits per heavy atom. The van der Waals surface area contributed by atoms with Crippen LogP contribution in [-0.4, -0.2) is 11.0 Å². The average Bonchev–Trinajstić information content (AvgIpc) is 2.43. The molecule has 1 aromatic heterocycles. The minimum atomic E-state index is 0. The molecular weight excluding hydrogens is 268 g/mol. The number of rotatable bonds is 6. The molecule has 0 saturated carbocycles. The summed E-state index contributed by atoms with van der Waals surface area (Å²) in [7, 11) is 0. The van der Waals surface area contributed by atoms with Crippen molar-refractivity contribution in [1.82, 2.24) is 10.3 Å². The fourth-order valence-electron chi connectivity index (χ4n) is 2.58. The Morgan fingerprint density at radius 3 is 2.64 bits per heavy atom. The number of hydrogen-bond acceptors (Lipinski definition) is 2. The summed E-state index contributed by atoms with van der Waals surface area (Å²) in [6.07, 6.45) is 7.61. The van der Waals surface area contributed by atoms with Gasteiger partial charge in [0.2, 0.25) is 0 Å². The maximum absolute atomic E-state index is 4.15. The van der Waals surface area contributed by atoms with Crippen LogP contribution in [0.15, 0.2) is 36.7 Å². The molecule has 0 saturated heterocycles. The second-order valence-electron chi connectivity index (χ2n) is 7.29. The van der Waals surface area contributed by atoms with Crippen LogP contribution in [0.5, 0.6) is 0 Å². The molecular formula is C20H32N2. The molecule has 2 heteroatoms. The summed E-state index contributed by atoms with van der Waals surface area (Å²) in [6.45, 7) is 10.2. The molecule has 1 heterocycles. The van der Waals surface area contributed by atoms with Crippen LogP contribution in [0.4, 0.5) is 0 Å². The van der Waals surface area contributed by atoms with Gasteiger partial charge in [-0.05, 0) is 48.3 Å². The van der Waals surface area contributed by atoms with E-state index in [1.165, 1.54) is 35.6 Å². The largest absolute Gasteiger partial charge is 0.310 e. The molecule has 0 unspecified atom stereocenters. The first-order chi connectivity index (χ1) is 9.94. The van der Waals surface area contributed by atoms with Crippen molar-refractivity contribution < 1.29 is 0 Å². The van der Waals surface area contributed by atoms with E-state index >= 15 is 0 Å². The van der Waals surface area contributed by atoms with E-state index in [2.05, 4.69) is 62.3 Å². The molecule has 0 fully saturated rings. The first-order valence-electron chi connectivity index (χ1n) is 8.00. The first-order valence-corrected chi connectivity index (χ1v) is 8.00. The molecule has 1 N–H and O–H groups in total. The smallest absolute Gasteiger partial charge is 0.0346 e. The van der Waals surface area contributed by atoms with Crippen molar-refractivity contribution in [2.75, 3.05) is 0 Å². The number of nitrogens with zero attached hydrogens (tertiary/aromatic N) is 1. The van der Waals surface area contributed by atoms with Gasteiger partial charge in [0, 0.05) is 30.4 Å². The number of nitrogens with one attached hydrogen (secondary N) is 1. The first kappa shape index (κ1) is 18.6. The monoisotopic (exact) mass is 300 g/mol. The van der Waals surface area contributed by atoms with Gasteiger partial charge >= 0.3 is 0 Å². The van der Waals surface area contributed by atoms with E-state index in [9.17, 15) is 0 Å². The van der Waals surface area contributed by atoms with Gasteiger partial charge in [-0.25, -0.2) is 0 Å². The van der Waals surface area contributed by atoms with E-state index < -0.39 is 0 Å². The summed E-state index contributed by atoms with van der Waals surface area (Å²) >= 11 is 0. The van der Waals surface area contributed by atoms with Crippen LogP contribution in [0.1, 0.15) is 59.9 Å². The zero-order valence-corrected chi connectivity index (χ0v) is 13.8. The highest BCUT2D eigenvalue weighted by molar-refractivity contribution is 5.81. The van der Waals surface area contributed by atoms with E-state index in [0.717, 1.165) is 6.54 Å². The highest BCUT2D eigenvalue weighted by Gasteiger charge is 2.10. The highest BCUT2D eigenvalue weighted by Crippen LogP contribution is 2.22. The zero-order chi connectivity index (χ0) is 15.3. The summed E-state index contributed by atoms with van der Waals surface area (Å²) in [6, 6.07) is 9.25. The minimum Gasteiger partial charge on any atom is -0.310 e. The minimum absolute atomic E-state index is 0. The van der Waals surface area contributed by atoms with Crippen molar-refractivity contribution in [3.8, 4) is 0 Å². The van der Waals surface area contributed by atoms with Crippen molar-refractivity contribution >= 4 is 10.8 Å². The van der Waals surface area contributed by atoms with Gasteiger partial charge in [0.1, 0.15) is 0 Å². The van der Waals surface area contributed by atoms with Crippen molar-refractivity contribution in [3.05, 3.63) is 42.2 Å². The third-order valence-corrected chi connectivity index (χ3v) is 3.92. The summed E-state index contributed by atoms with van der Waals surface area (Å²) in [5, 5.41) is 6.11. The van der Waals surface area contributed by atoms with Gasteiger partial charge in [-0.1, -0.05) is 46.8 Å². The topological polar surface area (TPSA) is 24.9 Å². The normalized spacial score (nSPS) is 12.9. The molecule has 1 atom stereocenters. The molecule has 0 spiro atoms. The van der Waals surface area contributed by atoms with Crippen molar-refractivity contribution in [2.45, 2.75) is 67.0 Å². The summed E-state index contributed by atoms with van der Waals surface area (Å²) < 4.78 is 0. The van der Waals surface area contributed by atoms with Crippen LogP contribution in [0.3, 0.4) is 0 Å². The van der Waals surface area contributed by atoms with Crippen LogP contribution in [0.2, 0.25) is 0 Å². The Bertz CT molecular complexity index is 569. The summed E-state index contributed by atoms with van der Waals surface area (Å²) in [4.78, 5) is 4.15. The maximum Gasteiger partial charge on any atom is 0.0346 e. The Morgan fingerprint density at radius 2 is 1.91 bits per heavy atom. The predicted molar refractivity (Wildman–Crippen MR) is 98.1 cm³/mol. The van der Waals surface area contributed by atoms with Gasteiger partial charge in [-0.15, -0.1) is 0 Å². The molecule has 2 rings (SSSR count). The average molecular weight is 300 g/mol. The van der Waals surface area contributed by atoms with Gasteiger partial charge in [0.05, 0.1) is 0 Å². The van der Waals surface area contributed by atoms with Crippen molar-refractivity contribution in [2.24, 2.45) is 5.41 Å². The predicted octanol–water partition coefficient (Wildman–Crippen LogP) is 5.57. The molecule has 0 radical (unpaired) electrons. The molecule has 0 bridgehead atoms. The lowest BCUT2D eigenvalue weighted by Gasteiger charge is -2.20. The van der Waals surface area contributed by atoms with Crippen molar-refractivity contribution in [3.63, 3.8) is 0 Å². The van der Waals surface area contributed by atoms with Crippen molar-refractivity contribution in [1.29, 1.82) is 0 Å². The van der Waals surface area contributed by atoms with Gasteiger partial charge in [0.25, 0.3) is 0 Å². The third-order valence-electron chi connectivity index (χ3n) is 3.92. The molecule has 1 aromatic carbocycles. The molecule has 2 aromatic rings. The van der Waals surface area contributed by atoms with Crippen LogP contribution in [0.25, 0.3) is 10.8 Å². The van der Waals surface area contributed by atoms with Crippen LogP contribution in [-0.2, 0) is 6.54 Å². The van der Waals surface area contributed by atoms with Crippen LogP contribution >= 0.6 is 0 Å². The zero-order valence-electron chi connectivity index (χ0n) is 13.8. The molecule has 2 nitrogen and oxygen atoms in total. The van der Waals surface area contributed by atoms with Gasteiger partial charge in [-0.2, -0.15) is 0 Å². The van der Waals surface area contributed by atoms with Crippen LogP contribution < -0.4 is 5.32 Å². The van der Waals surface area contributed by atoms with Gasteiger partial charge < -0.3 is 5.32 Å². The Balaban J connectivity index is 0.00000242. The Kier molecular flexibility index (Phi) is 7.02. The van der Waals surface area contributed by atoms with Gasteiger partial charge in [-0.3, -0.25) is 4.98 Å². The fraction of sp³-hybridized carbons (Fsp3) is 0.550. The lowest BCUT2D eigenvalue weighted by molar-refractivity contribution is 0.346. The van der Waals surface area contributed by atoms with Gasteiger partial charge in [0.15, 0.2) is 0 Å². The number of benzene rings is 1. The maximum atomic E-state index is 4.15. The standard InChI is InChI=1S/C19H28N2.CH4/c1-15(6-5-10-19(2,3)4)21-13-16-7-8-18-14-20-11-9-17(18)12-16;/h7-9,11-12,14-15,21H,5-6,10,13H2,1-4H3;1H4/t15-;/m1./s1. The molecule has 0 aliphatic rings. The second kappa shape index (κ2) is 8.28. The molecule has 0 aliphatic heterocycles. The van der Waals surface area contributed by atoms with E-state index in [1.54, 1.807) is 0 Å².